The van der Waals surface area contributed by atoms with Gasteiger partial charge in [0.05, 0.1) is 11.1 Å². The summed E-state index contributed by atoms with van der Waals surface area (Å²) in [5, 5.41) is 4.42. The van der Waals surface area contributed by atoms with Gasteiger partial charge in [-0.25, -0.2) is 4.79 Å². The molecule has 9 heteroatoms. The molecular weight excluding hydrogens is 330 g/mol. The van der Waals surface area contributed by atoms with Gasteiger partial charge in [0.1, 0.15) is 12.6 Å². The van der Waals surface area contributed by atoms with Gasteiger partial charge in [0.25, 0.3) is 11.8 Å². The van der Waals surface area contributed by atoms with Crippen LogP contribution in [-0.4, -0.2) is 47.7 Å². The SMILES string of the molecule is CNC(=O)OCc1cccc2c1C(=O)N(C1CCC(=O)NC1=O)C2=O. The molecule has 2 aliphatic rings. The van der Waals surface area contributed by atoms with Gasteiger partial charge in [0, 0.05) is 19.0 Å². The number of piperidine rings is 1. The van der Waals surface area contributed by atoms with E-state index in [1.807, 2.05) is 0 Å². The van der Waals surface area contributed by atoms with Gasteiger partial charge in [-0.15, -0.1) is 0 Å². The third kappa shape index (κ3) is 2.84. The molecule has 2 heterocycles. The molecule has 0 aromatic heterocycles. The first-order valence-electron chi connectivity index (χ1n) is 7.62. The van der Waals surface area contributed by atoms with Crippen LogP contribution in [0.1, 0.15) is 39.1 Å². The Morgan fingerprint density at radius 1 is 1.28 bits per heavy atom. The predicted octanol–water partition coefficient (Wildman–Crippen LogP) is -0.0562. The number of nitrogens with zero attached hydrogens (tertiary/aromatic N) is 1. The largest absolute Gasteiger partial charge is 0.445 e. The molecule has 2 N–H and O–H groups in total. The van der Waals surface area contributed by atoms with Gasteiger partial charge < -0.3 is 10.1 Å². The maximum Gasteiger partial charge on any atom is 0.407 e. The summed E-state index contributed by atoms with van der Waals surface area (Å²) in [6.45, 7) is -0.189. The average Bonchev–Trinajstić information content (AvgIpc) is 2.85. The van der Waals surface area contributed by atoms with Crippen LogP contribution in [0, 0.1) is 0 Å². The summed E-state index contributed by atoms with van der Waals surface area (Å²) in [5.41, 5.74) is 0.628. The highest BCUT2D eigenvalue weighted by Crippen LogP contribution is 2.30. The van der Waals surface area contributed by atoms with E-state index in [1.165, 1.54) is 13.1 Å². The molecule has 0 spiro atoms. The zero-order valence-corrected chi connectivity index (χ0v) is 13.3. The summed E-state index contributed by atoms with van der Waals surface area (Å²) in [6, 6.07) is 3.59. The Morgan fingerprint density at radius 3 is 2.72 bits per heavy atom. The molecule has 1 aromatic rings. The molecule has 0 saturated carbocycles. The first-order chi connectivity index (χ1) is 11.9. The molecule has 9 nitrogen and oxygen atoms in total. The van der Waals surface area contributed by atoms with E-state index in [-0.39, 0.29) is 30.6 Å². The van der Waals surface area contributed by atoms with Gasteiger partial charge in [-0.2, -0.15) is 0 Å². The molecule has 2 aliphatic heterocycles. The monoisotopic (exact) mass is 345 g/mol. The number of alkyl carbamates (subject to hydrolysis) is 1. The number of carbonyl (C=O) groups is 5. The molecule has 1 saturated heterocycles. The molecule has 1 fully saturated rings. The van der Waals surface area contributed by atoms with Gasteiger partial charge in [0.2, 0.25) is 11.8 Å². The molecule has 5 amide bonds. The lowest BCUT2D eigenvalue weighted by Crippen LogP contribution is -2.54. The second-order valence-electron chi connectivity index (χ2n) is 5.61. The Balaban J connectivity index is 1.90. The Labute approximate surface area is 142 Å². The van der Waals surface area contributed by atoms with E-state index in [2.05, 4.69) is 10.6 Å². The minimum Gasteiger partial charge on any atom is -0.445 e. The highest BCUT2D eigenvalue weighted by atomic mass is 16.5. The molecule has 0 aliphatic carbocycles. The standard InChI is InChI=1S/C16H15N3O6/c1-17-16(24)25-7-8-3-2-4-9-12(8)15(23)19(14(9)22)10-5-6-11(20)18-13(10)21/h2-4,10H,5-7H2,1H3,(H,17,24)(H,18,20,21). The summed E-state index contributed by atoms with van der Waals surface area (Å²) >= 11 is 0. The number of carbonyl (C=O) groups excluding carboxylic acids is 5. The first kappa shape index (κ1) is 16.6. The molecule has 1 unspecified atom stereocenters. The lowest BCUT2D eigenvalue weighted by atomic mass is 10.0. The van der Waals surface area contributed by atoms with Crippen molar-refractivity contribution in [2.45, 2.75) is 25.5 Å². The average molecular weight is 345 g/mol. The highest BCUT2D eigenvalue weighted by Gasteiger charge is 2.45. The van der Waals surface area contributed by atoms with Crippen molar-refractivity contribution >= 4 is 29.7 Å². The number of imide groups is 2. The van der Waals surface area contributed by atoms with Crippen LogP contribution in [0.25, 0.3) is 0 Å². The quantitative estimate of drug-likeness (QED) is 0.740. The van der Waals surface area contributed by atoms with Crippen LogP contribution in [0.3, 0.4) is 0 Å². The smallest absolute Gasteiger partial charge is 0.407 e. The first-order valence-corrected chi connectivity index (χ1v) is 7.62. The second kappa shape index (κ2) is 6.34. The Kier molecular flexibility index (Phi) is 4.22. The van der Waals surface area contributed by atoms with Crippen LogP contribution in [-0.2, 0) is 20.9 Å². The maximum atomic E-state index is 12.8. The van der Waals surface area contributed by atoms with E-state index >= 15 is 0 Å². The number of rotatable bonds is 3. The topological polar surface area (TPSA) is 122 Å². The molecule has 1 aromatic carbocycles. The third-order valence-electron chi connectivity index (χ3n) is 4.12. The number of benzene rings is 1. The number of ether oxygens (including phenoxy) is 1. The van der Waals surface area contributed by atoms with E-state index in [0.717, 1.165) is 4.90 Å². The number of hydrogen-bond donors (Lipinski definition) is 2. The number of fused-ring (bicyclic) bond motifs is 1. The molecule has 0 radical (unpaired) electrons. The van der Waals surface area contributed by atoms with Crippen LogP contribution in [0.2, 0.25) is 0 Å². The predicted molar refractivity (Wildman–Crippen MR) is 82.4 cm³/mol. The number of nitrogens with one attached hydrogen (secondary N) is 2. The summed E-state index contributed by atoms with van der Waals surface area (Å²) in [6.07, 6.45) is -0.534. The lowest BCUT2D eigenvalue weighted by Gasteiger charge is -2.27. The maximum absolute atomic E-state index is 12.8. The van der Waals surface area contributed by atoms with Crippen LogP contribution in [0.4, 0.5) is 4.79 Å². The fourth-order valence-electron chi connectivity index (χ4n) is 2.92. The summed E-state index contributed by atoms with van der Waals surface area (Å²) in [5.74, 6) is -2.34. The third-order valence-corrected chi connectivity index (χ3v) is 4.12. The van der Waals surface area contributed by atoms with Crippen molar-refractivity contribution in [3.63, 3.8) is 0 Å². The molecule has 0 bridgehead atoms. The lowest BCUT2D eigenvalue weighted by molar-refractivity contribution is -0.136. The summed E-state index contributed by atoms with van der Waals surface area (Å²) < 4.78 is 4.95. The van der Waals surface area contributed by atoms with Gasteiger partial charge in [-0.1, -0.05) is 12.1 Å². The minimum absolute atomic E-state index is 0.0520. The van der Waals surface area contributed by atoms with Crippen molar-refractivity contribution < 1.29 is 28.7 Å². The van der Waals surface area contributed by atoms with Crippen molar-refractivity contribution in [3.05, 3.63) is 34.9 Å². The summed E-state index contributed by atoms with van der Waals surface area (Å²) in [7, 11) is 1.40. The fraction of sp³-hybridized carbons (Fsp3) is 0.312. The fourth-order valence-corrected chi connectivity index (χ4v) is 2.92. The van der Waals surface area contributed by atoms with Crippen molar-refractivity contribution in [2.24, 2.45) is 0 Å². The van der Waals surface area contributed by atoms with Gasteiger partial charge in [-0.05, 0) is 12.5 Å². The summed E-state index contributed by atoms with van der Waals surface area (Å²) in [4.78, 5) is 60.7. The normalized spacial score (nSPS) is 19.6. The Hall–Kier alpha value is -3.23. The van der Waals surface area contributed by atoms with E-state index < -0.39 is 35.8 Å². The number of hydrogen-bond acceptors (Lipinski definition) is 6. The minimum atomic E-state index is -1.03. The molecule has 1 atom stereocenters. The molecule has 130 valence electrons. The van der Waals surface area contributed by atoms with Crippen molar-refractivity contribution in [1.29, 1.82) is 0 Å². The van der Waals surface area contributed by atoms with Crippen LogP contribution in [0.5, 0.6) is 0 Å². The Morgan fingerprint density at radius 2 is 2.04 bits per heavy atom. The van der Waals surface area contributed by atoms with Gasteiger partial charge in [0.15, 0.2) is 0 Å². The van der Waals surface area contributed by atoms with Gasteiger partial charge in [-0.3, -0.25) is 29.4 Å². The van der Waals surface area contributed by atoms with Crippen LogP contribution >= 0.6 is 0 Å². The second-order valence-corrected chi connectivity index (χ2v) is 5.61. The van der Waals surface area contributed by atoms with E-state index in [9.17, 15) is 24.0 Å². The molecule has 3 rings (SSSR count). The highest BCUT2D eigenvalue weighted by molar-refractivity contribution is 6.24. The van der Waals surface area contributed by atoms with Crippen molar-refractivity contribution in [3.8, 4) is 0 Å². The zero-order chi connectivity index (χ0) is 18.1. The van der Waals surface area contributed by atoms with E-state index in [0.29, 0.717) is 5.56 Å². The number of amides is 5. The van der Waals surface area contributed by atoms with Crippen molar-refractivity contribution in [1.82, 2.24) is 15.5 Å². The van der Waals surface area contributed by atoms with Crippen LogP contribution < -0.4 is 10.6 Å². The van der Waals surface area contributed by atoms with E-state index in [1.54, 1.807) is 12.1 Å². The van der Waals surface area contributed by atoms with Crippen LogP contribution in [0.15, 0.2) is 18.2 Å². The van der Waals surface area contributed by atoms with E-state index in [4.69, 9.17) is 4.74 Å². The van der Waals surface area contributed by atoms with Crippen molar-refractivity contribution in [2.75, 3.05) is 7.05 Å². The zero-order valence-electron chi connectivity index (χ0n) is 13.3. The molecule has 25 heavy (non-hydrogen) atoms. The Bertz CT molecular complexity index is 803. The van der Waals surface area contributed by atoms with Gasteiger partial charge >= 0.3 is 6.09 Å². The molecular formula is C16H15N3O6.